The molecule has 0 bridgehead atoms. The quantitative estimate of drug-likeness (QED) is 0.196. The van der Waals surface area contributed by atoms with Crippen molar-refractivity contribution in [1.82, 2.24) is 20.3 Å². The standard InChI is InChI=1S/C28H35N7O5/c36-25(21-5-2-1-3-6-21)29-11-13-37-15-16-38-14-12-30-26-33-27(35-28(34-26)32-22-7-4-8-22)31-18-20-9-10-23-24(17-20)40-19-39-23/h1-3,5-6,9-10,17,22H,4,7-8,11-16,18-19H2,(H,29,36)(H3,30,31,32,33,34,35). The van der Waals surface area contributed by atoms with E-state index in [1.54, 1.807) is 12.1 Å². The zero-order valence-corrected chi connectivity index (χ0v) is 22.4. The van der Waals surface area contributed by atoms with Crippen molar-refractivity contribution < 1.29 is 23.7 Å². The molecule has 0 atom stereocenters. The maximum atomic E-state index is 12.0. The van der Waals surface area contributed by atoms with Gasteiger partial charge in [-0.3, -0.25) is 4.79 Å². The minimum absolute atomic E-state index is 0.109. The van der Waals surface area contributed by atoms with E-state index < -0.39 is 0 Å². The molecule has 12 nitrogen and oxygen atoms in total. The Morgan fingerprint density at radius 3 is 2.33 bits per heavy atom. The number of carbonyl (C=O) groups is 1. The Balaban J connectivity index is 1.00. The highest BCUT2D eigenvalue weighted by molar-refractivity contribution is 5.94. The summed E-state index contributed by atoms with van der Waals surface area (Å²) in [5.74, 6) is 2.88. The highest BCUT2D eigenvalue weighted by Crippen LogP contribution is 2.32. The average molecular weight is 550 g/mol. The number of benzene rings is 2. The van der Waals surface area contributed by atoms with E-state index >= 15 is 0 Å². The number of fused-ring (bicyclic) bond motifs is 1. The van der Waals surface area contributed by atoms with Crippen LogP contribution in [0.3, 0.4) is 0 Å². The number of rotatable bonds is 16. The van der Waals surface area contributed by atoms with E-state index in [-0.39, 0.29) is 12.7 Å². The minimum atomic E-state index is -0.109. The topological polar surface area (TPSA) is 141 Å². The fourth-order valence-electron chi connectivity index (χ4n) is 4.05. The summed E-state index contributed by atoms with van der Waals surface area (Å²) in [6.45, 7) is 3.52. The van der Waals surface area contributed by atoms with Crippen LogP contribution in [0.4, 0.5) is 17.8 Å². The molecule has 0 radical (unpaired) electrons. The summed E-state index contributed by atoms with van der Waals surface area (Å²) in [5, 5.41) is 12.7. The van der Waals surface area contributed by atoms with Crippen molar-refractivity contribution in [2.45, 2.75) is 31.8 Å². The van der Waals surface area contributed by atoms with Gasteiger partial charge in [-0.25, -0.2) is 0 Å². The molecule has 2 aliphatic rings. The van der Waals surface area contributed by atoms with E-state index in [1.807, 2.05) is 36.4 Å². The van der Waals surface area contributed by atoms with Gasteiger partial charge in [0.25, 0.3) is 5.91 Å². The number of ether oxygens (including phenoxy) is 4. The minimum Gasteiger partial charge on any atom is -0.454 e. The zero-order chi connectivity index (χ0) is 27.4. The largest absolute Gasteiger partial charge is 0.454 e. The van der Waals surface area contributed by atoms with Gasteiger partial charge in [-0.1, -0.05) is 24.3 Å². The predicted octanol–water partition coefficient (Wildman–Crippen LogP) is 3.05. The van der Waals surface area contributed by atoms with Crippen LogP contribution in [0.2, 0.25) is 0 Å². The van der Waals surface area contributed by atoms with Crippen molar-refractivity contribution >= 4 is 23.8 Å². The highest BCUT2D eigenvalue weighted by atomic mass is 16.7. The van der Waals surface area contributed by atoms with Gasteiger partial charge in [0.05, 0.1) is 26.4 Å². The van der Waals surface area contributed by atoms with Crippen LogP contribution in [0.1, 0.15) is 35.2 Å². The van der Waals surface area contributed by atoms with Crippen LogP contribution in [-0.4, -0.2) is 73.2 Å². The van der Waals surface area contributed by atoms with Crippen LogP contribution in [0.5, 0.6) is 11.5 Å². The van der Waals surface area contributed by atoms with Crippen molar-refractivity contribution in [1.29, 1.82) is 0 Å². The summed E-state index contributed by atoms with van der Waals surface area (Å²) in [4.78, 5) is 25.6. The van der Waals surface area contributed by atoms with Gasteiger partial charge in [-0.2, -0.15) is 15.0 Å². The van der Waals surface area contributed by atoms with E-state index in [4.69, 9.17) is 18.9 Å². The highest BCUT2D eigenvalue weighted by Gasteiger charge is 2.19. The number of amides is 1. The van der Waals surface area contributed by atoms with Crippen molar-refractivity contribution in [3.8, 4) is 11.5 Å². The molecule has 212 valence electrons. The molecule has 2 aromatic carbocycles. The molecule has 1 fully saturated rings. The molecule has 4 N–H and O–H groups in total. The molecule has 0 saturated heterocycles. The second kappa shape index (κ2) is 14.3. The Morgan fingerprint density at radius 2 is 1.55 bits per heavy atom. The summed E-state index contributed by atoms with van der Waals surface area (Å²) in [6.07, 6.45) is 3.44. The van der Waals surface area contributed by atoms with Crippen molar-refractivity contribution in [2.75, 3.05) is 62.3 Å². The van der Waals surface area contributed by atoms with Gasteiger partial charge < -0.3 is 40.2 Å². The molecule has 3 aromatic rings. The van der Waals surface area contributed by atoms with E-state index in [9.17, 15) is 4.79 Å². The van der Waals surface area contributed by atoms with Crippen molar-refractivity contribution in [3.63, 3.8) is 0 Å². The van der Waals surface area contributed by atoms with Crippen molar-refractivity contribution in [3.05, 3.63) is 59.7 Å². The Bertz CT molecular complexity index is 1240. The first-order chi connectivity index (χ1) is 19.7. The smallest absolute Gasteiger partial charge is 0.251 e. The Kier molecular flexibility index (Phi) is 9.79. The molecule has 1 aromatic heterocycles. The first-order valence-corrected chi connectivity index (χ1v) is 13.6. The van der Waals surface area contributed by atoms with Crippen LogP contribution >= 0.6 is 0 Å². The lowest BCUT2D eigenvalue weighted by atomic mass is 9.93. The average Bonchev–Trinajstić information content (AvgIpc) is 3.43. The Morgan fingerprint density at radius 1 is 0.825 bits per heavy atom. The number of aromatic nitrogens is 3. The molecular formula is C28H35N7O5. The summed E-state index contributed by atoms with van der Waals surface area (Å²) >= 11 is 0. The molecule has 5 rings (SSSR count). The number of nitrogens with one attached hydrogen (secondary N) is 4. The van der Waals surface area contributed by atoms with Gasteiger partial charge in [0.15, 0.2) is 11.5 Å². The van der Waals surface area contributed by atoms with Crippen LogP contribution in [-0.2, 0) is 16.0 Å². The van der Waals surface area contributed by atoms with Crippen LogP contribution in [0, 0.1) is 0 Å². The van der Waals surface area contributed by atoms with E-state index in [0.717, 1.165) is 29.9 Å². The van der Waals surface area contributed by atoms with Crippen LogP contribution in [0.25, 0.3) is 0 Å². The molecule has 0 unspecified atom stereocenters. The normalized spacial score (nSPS) is 13.9. The SMILES string of the molecule is O=C(NCCOCCOCCNc1nc(NCc2ccc3c(c2)OCO3)nc(NC2CCC2)n1)c1ccccc1. The molecule has 0 spiro atoms. The van der Waals surface area contributed by atoms with E-state index in [2.05, 4.69) is 36.2 Å². The van der Waals surface area contributed by atoms with Gasteiger partial charge >= 0.3 is 0 Å². The fourth-order valence-corrected chi connectivity index (χ4v) is 4.05. The van der Waals surface area contributed by atoms with Gasteiger partial charge in [0.1, 0.15) is 0 Å². The maximum Gasteiger partial charge on any atom is 0.251 e. The third-order valence-electron chi connectivity index (χ3n) is 6.43. The first-order valence-electron chi connectivity index (χ1n) is 13.6. The fraction of sp³-hybridized carbons (Fsp3) is 0.429. The Hall–Kier alpha value is -4.16. The number of hydrogen-bond acceptors (Lipinski definition) is 11. The monoisotopic (exact) mass is 549 g/mol. The molecule has 1 saturated carbocycles. The number of anilines is 3. The first kappa shape index (κ1) is 27.4. The molecule has 40 heavy (non-hydrogen) atoms. The number of carbonyl (C=O) groups excluding carboxylic acids is 1. The molecule has 1 aliphatic heterocycles. The van der Waals surface area contributed by atoms with Crippen LogP contribution < -0.4 is 30.7 Å². The lowest BCUT2D eigenvalue weighted by Crippen LogP contribution is -2.28. The predicted molar refractivity (Wildman–Crippen MR) is 150 cm³/mol. The lowest BCUT2D eigenvalue weighted by Gasteiger charge is -2.26. The third kappa shape index (κ3) is 8.17. The maximum absolute atomic E-state index is 12.0. The van der Waals surface area contributed by atoms with Gasteiger partial charge in [-0.15, -0.1) is 0 Å². The second-order valence-electron chi connectivity index (χ2n) is 9.39. The summed E-state index contributed by atoms with van der Waals surface area (Å²) in [7, 11) is 0. The number of nitrogens with zero attached hydrogens (tertiary/aromatic N) is 3. The van der Waals surface area contributed by atoms with Gasteiger partial charge in [0, 0.05) is 31.2 Å². The second-order valence-corrected chi connectivity index (χ2v) is 9.39. The molecule has 12 heteroatoms. The van der Waals surface area contributed by atoms with Crippen LogP contribution in [0.15, 0.2) is 48.5 Å². The molecule has 1 aliphatic carbocycles. The summed E-state index contributed by atoms with van der Waals surface area (Å²) in [6, 6.07) is 15.3. The third-order valence-corrected chi connectivity index (χ3v) is 6.43. The molecule has 2 heterocycles. The molecule has 1 amide bonds. The zero-order valence-electron chi connectivity index (χ0n) is 22.4. The van der Waals surface area contributed by atoms with Gasteiger partial charge in [0.2, 0.25) is 24.6 Å². The van der Waals surface area contributed by atoms with E-state index in [1.165, 1.54) is 6.42 Å². The van der Waals surface area contributed by atoms with Crippen molar-refractivity contribution in [2.24, 2.45) is 0 Å². The lowest BCUT2D eigenvalue weighted by molar-refractivity contribution is 0.0519. The van der Waals surface area contributed by atoms with Gasteiger partial charge in [-0.05, 0) is 49.1 Å². The summed E-state index contributed by atoms with van der Waals surface area (Å²) < 4.78 is 22.0. The summed E-state index contributed by atoms with van der Waals surface area (Å²) in [5.41, 5.74) is 1.66. The molecular weight excluding hydrogens is 514 g/mol. The Labute approximate surface area is 233 Å². The van der Waals surface area contributed by atoms with E-state index in [0.29, 0.717) is 75.5 Å². The number of hydrogen-bond donors (Lipinski definition) is 4.